The molecule has 0 aliphatic carbocycles. The Labute approximate surface area is 158 Å². The number of ether oxygens (including phenoxy) is 4. The molecule has 2 aromatic rings. The Morgan fingerprint density at radius 2 is 1.48 bits per heavy atom. The number of hydrogen-bond donors (Lipinski definition) is 0. The molecule has 2 aromatic carbocycles. The predicted molar refractivity (Wildman–Crippen MR) is 97.1 cm³/mol. The highest BCUT2D eigenvalue weighted by atomic mass is 16.6. The smallest absolute Gasteiger partial charge is 0.326 e. The van der Waals surface area contributed by atoms with Gasteiger partial charge in [0.05, 0.1) is 27.4 Å². The summed E-state index contributed by atoms with van der Waals surface area (Å²) >= 11 is 0. The molecule has 1 aliphatic rings. The number of benzene rings is 2. The van der Waals surface area contributed by atoms with E-state index in [2.05, 4.69) is 0 Å². The van der Waals surface area contributed by atoms with Crippen molar-refractivity contribution < 1.29 is 28.5 Å². The molecule has 3 rings (SSSR count). The van der Waals surface area contributed by atoms with Crippen LogP contribution in [0.2, 0.25) is 0 Å². The van der Waals surface area contributed by atoms with E-state index < -0.39 is 29.6 Å². The summed E-state index contributed by atoms with van der Waals surface area (Å²) in [7, 11) is 4.11. The van der Waals surface area contributed by atoms with Gasteiger partial charge in [-0.2, -0.15) is 0 Å². The van der Waals surface area contributed by atoms with E-state index in [9.17, 15) is 9.59 Å². The topological polar surface area (TPSA) is 71.1 Å². The summed E-state index contributed by atoms with van der Waals surface area (Å²) in [5.74, 6) is -0.623. The molecule has 0 unspecified atom stereocenters. The molecule has 1 fully saturated rings. The minimum atomic E-state index is -1.57. The van der Waals surface area contributed by atoms with Crippen LogP contribution in [0.25, 0.3) is 0 Å². The second-order valence-corrected chi connectivity index (χ2v) is 6.35. The molecule has 0 N–H and O–H groups in total. The first-order valence-electron chi connectivity index (χ1n) is 8.58. The van der Waals surface area contributed by atoms with Crippen LogP contribution in [0.15, 0.2) is 54.6 Å². The van der Waals surface area contributed by atoms with Crippen LogP contribution >= 0.6 is 0 Å². The Morgan fingerprint density at radius 1 is 0.889 bits per heavy atom. The second kappa shape index (κ2) is 7.80. The quantitative estimate of drug-likeness (QED) is 0.594. The minimum absolute atomic E-state index is 0.123. The first-order valence-corrected chi connectivity index (χ1v) is 8.58. The number of hydrogen-bond acceptors (Lipinski definition) is 6. The monoisotopic (exact) mass is 370 g/mol. The summed E-state index contributed by atoms with van der Waals surface area (Å²) in [6.45, 7) is 0. The summed E-state index contributed by atoms with van der Waals surface area (Å²) in [4.78, 5) is 25.5. The molecule has 27 heavy (non-hydrogen) atoms. The number of carbonyl (C=O) groups is 2. The minimum Gasteiger partial charge on any atom is -0.497 e. The fourth-order valence-corrected chi connectivity index (χ4v) is 3.56. The summed E-state index contributed by atoms with van der Waals surface area (Å²) < 4.78 is 21.4. The SMILES string of the molecule is COC(=O)C1(C(=O)OC)C[C@H](c2ccc(OC)cc2)O[C@@H]1c1ccccc1. The average molecular weight is 370 g/mol. The molecule has 0 bridgehead atoms. The van der Waals surface area contributed by atoms with Crippen molar-refractivity contribution in [3.05, 3.63) is 65.7 Å². The van der Waals surface area contributed by atoms with Gasteiger partial charge in [0.15, 0.2) is 5.41 Å². The highest BCUT2D eigenvalue weighted by Crippen LogP contribution is 2.54. The van der Waals surface area contributed by atoms with E-state index in [1.807, 2.05) is 54.6 Å². The molecule has 0 aromatic heterocycles. The molecule has 1 saturated heterocycles. The maximum atomic E-state index is 12.8. The normalized spacial score (nSPS) is 20.7. The number of rotatable bonds is 5. The second-order valence-electron chi connectivity index (χ2n) is 6.35. The van der Waals surface area contributed by atoms with Gasteiger partial charge in [-0.15, -0.1) is 0 Å². The molecule has 0 amide bonds. The zero-order valence-electron chi connectivity index (χ0n) is 15.5. The van der Waals surface area contributed by atoms with Gasteiger partial charge in [-0.25, -0.2) is 0 Å². The van der Waals surface area contributed by atoms with Gasteiger partial charge in [-0.05, 0) is 23.3 Å². The standard InChI is InChI=1S/C21H22O6/c1-24-16-11-9-14(10-12-16)17-13-21(19(22)25-2,20(23)26-3)18(27-17)15-7-5-4-6-8-15/h4-12,17-18H,13H2,1-3H3/t17-,18-/m1/s1. The molecule has 6 heteroatoms. The lowest BCUT2D eigenvalue weighted by Gasteiger charge is -2.28. The van der Waals surface area contributed by atoms with Crippen LogP contribution in [-0.2, 0) is 23.8 Å². The number of carbonyl (C=O) groups excluding carboxylic acids is 2. The summed E-state index contributed by atoms with van der Waals surface area (Å²) in [6, 6.07) is 16.5. The van der Waals surface area contributed by atoms with Crippen LogP contribution in [0.5, 0.6) is 5.75 Å². The van der Waals surface area contributed by atoms with Crippen LogP contribution in [0, 0.1) is 5.41 Å². The molecule has 6 nitrogen and oxygen atoms in total. The zero-order chi connectivity index (χ0) is 19.4. The van der Waals surface area contributed by atoms with Gasteiger partial charge >= 0.3 is 11.9 Å². The largest absolute Gasteiger partial charge is 0.497 e. The summed E-state index contributed by atoms with van der Waals surface area (Å²) in [5, 5.41) is 0. The highest BCUT2D eigenvalue weighted by molar-refractivity contribution is 6.01. The van der Waals surface area contributed by atoms with Crippen molar-refractivity contribution in [3.63, 3.8) is 0 Å². The molecular weight excluding hydrogens is 348 g/mol. The van der Waals surface area contributed by atoms with Crippen LogP contribution in [0.1, 0.15) is 29.8 Å². The van der Waals surface area contributed by atoms with Gasteiger partial charge in [-0.3, -0.25) is 9.59 Å². The Balaban J connectivity index is 2.06. The van der Waals surface area contributed by atoms with Gasteiger partial charge < -0.3 is 18.9 Å². The van der Waals surface area contributed by atoms with E-state index in [0.717, 1.165) is 5.56 Å². The van der Waals surface area contributed by atoms with Crippen molar-refractivity contribution in [3.8, 4) is 5.75 Å². The third-order valence-electron chi connectivity index (χ3n) is 4.94. The lowest BCUT2D eigenvalue weighted by molar-refractivity contribution is -0.173. The Hall–Kier alpha value is -2.86. The fraction of sp³-hybridized carbons (Fsp3) is 0.333. The van der Waals surface area contributed by atoms with Crippen molar-refractivity contribution in [1.82, 2.24) is 0 Å². The van der Waals surface area contributed by atoms with Crippen molar-refractivity contribution >= 4 is 11.9 Å². The highest BCUT2D eigenvalue weighted by Gasteiger charge is 2.62. The van der Waals surface area contributed by atoms with E-state index in [0.29, 0.717) is 11.3 Å². The molecule has 0 radical (unpaired) electrons. The van der Waals surface area contributed by atoms with E-state index in [1.165, 1.54) is 14.2 Å². The Kier molecular flexibility index (Phi) is 5.46. The van der Waals surface area contributed by atoms with Crippen LogP contribution in [0.3, 0.4) is 0 Å². The van der Waals surface area contributed by atoms with Gasteiger partial charge in [0, 0.05) is 6.42 Å². The fourth-order valence-electron chi connectivity index (χ4n) is 3.56. The Bertz CT molecular complexity index is 783. The van der Waals surface area contributed by atoms with E-state index in [-0.39, 0.29) is 6.42 Å². The maximum Gasteiger partial charge on any atom is 0.326 e. The molecule has 0 saturated carbocycles. The van der Waals surface area contributed by atoms with Crippen molar-refractivity contribution in [2.75, 3.05) is 21.3 Å². The first-order chi connectivity index (χ1) is 13.1. The molecule has 0 spiro atoms. The van der Waals surface area contributed by atoms with Gasteiger partial charge in [0.1, 0.15) is 11.9 Å². The van der Waals surface area contributed by atoms with Gasteiger partial charge in [0.2, 0.25) is 0 Å². The van der Waals surface area contributed by atoms with Crippen molar-refractivity contribution in [2.24, 2.45) is 5.41 Å². The summed E-state index contributed by atoms with van der Waals surface area (Å²) in [5.41, 5.74) is -0.0224. The number of methoxy groups -OCH3 is 3. The van der Waals surface area contributed by atoms with Gasteiger partial charge in [-0.1, -0.05) is 42.5 Å². The zero-order valence-corrected chi connectivity index (χ0v) is 15.5. The van der Waals surface area contributed by atoms with Crippen LogP contribution < -0.4 is 4.74 Å². The Morgan fingerprint density at radius 3 is 2.00 bits per heavy atom. The molecule has 1 heterocycles. The van der Waals surface area contributed by atoms with E-state index >= 15 is 0 Å². The van der Waals surface area contributed by atoms with Crippen LogP contribution in [-0.4, -0.2) is 33.3 Å². The van der Waals surface area contributed by atoms with Crippen LogP contribution in [0.4, 0.5) is 0 Å². The molecule has 142 valence electrons. The van der Waals surface area contributed by atoms with E-state index in [1.54, 1.807) is 7.11 Å². The predicted octanol–water partition coefficient (Wildman–Crippen LogP) is 3.23. The van der Waals surface area contributed by atoms with Gasteiger partial charge in [0.25, 0.3) is 0 Å². The summed E-state index contributed by atoms with van der Waals surface area (Å²) in [6.07, 6.45) is -1.16. The lowest BCUT2D eigenvalue weighted by atomic mass is 9.76. The maximum absolute atomic E-state index is 12.8. The third-order valence-corrected chi connectivity index (χ3v) is 4.94. The number of esters is 2. The van der Waals surface area contributed by atoms with E-state index in [4.69, 9.17) is 18.9 Å². The first kappa shape index (κ1) is 18.9. The molecule has 2 atom stereocenters. The van der Waals surface area contributed by atoms with Crippen molar-refractivity contribution in [1.29, 1.82) is 0 Å². The molecular formula is C21H22O6. The third kappa shape index (κ3) is 3.28. The molecule has 1 aliphatic heterocycles. The van der Waals surface area contributed by atoms with Crippen molar-refractivity contribution in [2.45, 2.75) is 18.6 Å². The average Bonchev–Trinajstić information content (AvgIpc) is 3.15. The lowest BCUT2D eigenvalue weighted by Crippen LogP contribution is -2.43.